The van der Waals surface area contributed by atoms with Crippen LogP contribution in [-0.2, 0) is 22.7 Å². The first-order valence-corrected chi connectivity index (χ1v) is 17.1. The summed E-state index contributed by atoms with van der Waals surface area (Å²) in [6.45, 7) is 1.51. The van der Waals surface area contributed by atoms with Gasteiger partial charge in [-0.25, -0.2) is 4.39 Å². The van der Waals surface area contributed by atoms with Crippen LogP contribution in [0.5, 0.6) is 0 Å². The fraction of sp³-hybridized carbons (Fsp3) is 0.0857. The highest BCUT2D eigenvalue weighted by Gasteiger charge is 2.30. The van der Waals surface area contributed by atoms with Crippen LogP contribution in [0.15, 0.2) is 117 Å². The van der Waals surface area contributed by atoms with E-state index in [1.165, 1.54) is 17.4 Å². The molecule has 12 heteroatoms. The second-order valence-electron chi connectivity index (χ2n) is 10.4. The zero-order valence-electron chi connectivity index (χ0n) is 24.7. The summed E-state index contributed by atoms with van der Waals surface area (Å²) in [7, 11) is 0. The molecule has 8 nitrogen and oxygen atoms in total. The lowest BCUT2D eigenvalue weighted by molar-refractivity contribution is -0.115. The van der Waals surface area contributed by atoms with E-state index in [1.54, 1.807) is 22.2 Å². The van der Waals surface area contributed by atoms with Crippen molar-refractivity contribution < 1.29 is 13.7 Å². The number of nitrogens with zero attached hydrogens (tertiary/aromatic N) is 4. The first kappa shape index (κ1) is 32.0. The summed E-state index contributed by atoms with van der Waals surface area (Å²) < 4.78 is 31.7. The molecular formula is C35H23FN4O4S3. The molecule has 0 N–H and O–H groups in total. The molecule has 0 aliphatic heterocycles. The summed E-state index contributed by atoms with van der Waals surface area (Å²) in [4.78, 5) is 34.8. The lowest BCUT2D eigenvalue weighted by Gasteiger charge is -2.17. The minimum Gasteiger partial charge on any atom is -0.587 e. The Hall–Kier alpha value is -4.93. The number of amides is 1. The van der Waals surface area contributed by atoms with Gasteiger partial charge in [-0.2, -0.15) is 14.1 Å². The van der Waals surface area contributed by atoms with E-state index in [4.69, 9.17) is 0 Å². The van der Waals surface area contributed by atoms with E-state index < -0.39 is 29.6 Å². The summed E-state index contributed by atoms with van der Waals surface area (Å²) in [6, 6.07) is 29.5. The van der Waals surface area contributed by atoms with Gasteiger partial charge in [0.15, 0.2) is 4.90 Å². The van der Waals surface area contributed by atoms with Crippen LogP contribution < -0.4 is 0 Å². The monoisotopic (exact) mass is 678 g/mol. The van der Waals surface area contributed by atoms with Gasteiger partial charge < -0.3 is 4.55 Å². The molecule has 1 unspecified atom stereocenters. The number of para-hydroxylation sites is 1. The van der Waals surface area contributed by atoms with Crippen molar-refractivity contribution in [3.8, 4) is 39.6 Å². The van der Waals surface area contributed by atoms with Crippen molar-refractivity contribution >= 4 is 51.3 Å². The molecule has 4 aromatic carbocycles. The Bertz CT molecular complexity index is 2210. The van der Waals surface area contributed by atoms with Crippen molar-refractivity contribution in [1.82, 2.24) is 3.97 Å². The van der Waals surface area contributed by atoms with E-state index in [-0.39, 0.29) is 16.2 Å². The lowest BCUT2D eigenvalue weighted by Crippen LogP contribution is -2.14. The Labute approximate surface area is 280 Å². The fourth-order valence-corrected chi connectivity index (χ4v) is 8.26. The predicted octanol–water partition coefficient (Wildman–Crippen LogP) is 9.25. The van der Waals surface area contributed by atoms with Crippen LogP contribution >= 0.6 is 23.1 Å². The van der Waals surface area contributed by atoms with E-state index in [2.05, 4.69) is 16.4 Å². The zero-order valence-corrected chi connectivity index (χ0v) is 27.1. The summed E-state index contributed by atoms with van der Waals surface area (Å²) in [5.74, 6) is -1.93. The number of fused-ring (bicyclic) bond motifs is 1. The number of thiophene rings is 1. The Morgan fingerprint density at radius 3 is 2.51 bits per heavy atom. The number of aromatic nitrogens is 1. The molecule has 47 heavy (non-hydrogen) atoms. The average Bonchev–Trinajstić information content (AvgIpc) is 3.70. The number of carbonyl (C=O) groups excluding carboxylic acids is 1. The molecule has 0 fully saturated rings. The van der Waals surface area contributed by atoms with Gasteiger partial charge in [0, 0.05) is 37.7 Å². The third kappa shape index (κ3) is 6.26. The van der Waals surface area contributed by atoms with Crippen LogP contribution in [0.2, 0.25) is 0 Å². The molecule has 0 aliphatic carbocycles. The van der Waals surface area contributed by atoms with Crippen molar-refractivity contribution in [3.63, 3.8) is 0 Å². The zero-order chi connectivity index (χ0) is 33.1. The maximum atomic E-state index is 15.4. The number of hydrogen-bond acceptors (Lipinski definition) is 8. The second-order valence-corrected chi connectivity index (χ2v) is 13.7. The first-order valence-electron chi connectivity index (χ1n) is 14.2. The Morgan fingerprint density at radius 2 is 1.77 bits per heavy atom. The number of rotatable bonds is 10. The fourth-order valence-electron chi connectivity index (χ4n) is 5.41. The molecular weight excluding hydrogens is 656 g/mol. The van der Waals surface area contributed by atoms with Crippen LogP contribution in [0.3, 0.4) is 0 Å². The predicted molar refractivity (Wildman–Crippen MR) is 185 cm³/mol. The Morgan fingerprint density at radius 1 is 1.00 bits per heavy atom. The second kappa shape index (κ2) is 13.8. The highest BCUT2D eigenvalue weighted by Crippen LogP contribution is 2.45. The van der Waals surface area contributed by atoms with Gasteiger partial charge >= 0.3 is 0 Å². The van der Waals surface area contributed by atoms with Gasteiger partial charge in [0.05, 0.1) is 11.3 Å². The quantitative estimate of drug-likeness (QED) is 0.0807. The molecule has 0 radical (unpaired) electrons. The molecule has 0 bridgehead atoms. The molecule has 0 aliphatic rings. The van der Waals surface area contributed by atoms with Crippen LogP contribution in [0, 0.1) is 33.9 Å². The molecule has 232 valence electrons. The van der Waals surface area contributed by atoms with E-state index in [0.717, 1.165) is 28.3 Å². The van der Waals surface area contributed by atoms with Gasteiger partial charge in [0.1, 0.15) is 40.4 Å². The van der Waals surface area contributed by atoms with Crippen LogP contribution in [0.25, 0.3) is 44.4 Å². The third-order valence-corrected chi connectivity index (χ3v) is 10.8. The van der Waals surface area contributed by atoms with Crippen molar-refractivity contribution in [2.24, 2.45) is 10.4 Å². The largest absolute Gasteiger partial charge is 0.587 e. The van der Waals surface area contributed by atoms with Crippen LogP contribution in [0.4, 0.5) is 4.39 Å². The highest BCUT2D eigenvalue weighted by atomic mass is 32.2. The molecule has 6 rings (SSSR count). The number of aryl methyl sites for hydroxylation is 1. The summed E-state index contributed by atoms with van der Waals surface area (Å²) in [5.41, 5.74) is 5.53. The molecule has 0 spiro atoms. The number of halogens is 1. The standard InChI is InChI=1S/C35H23FN4O4S3/c1-21-9-11-25(12-10-21)47(44)40-30-8-3-2-7-26(30)34(27-13-14-45-32(27)18-37)35(40)23-6-4-5-22(15-23)24-16-29(36)28(19-38-42)31(17-24)46-20-33(41)39-43/h2-17H,19-20H2,1H3. The molecule has 2 aromatic heterocycles. The minimum atomic E-state index is -1.70. The highest BCUT2D eigenvalue weighted by molar-refractivity contribution is 8.00. The summed E-state index contributed by atoms with van der Waals surface area (Å²) in [6.07, 6.45) is 0. The normalized spacial score (nSPS) is 11.7. The molecule has 1 amide bonds. The van der Waals surface area contributed by atoms with Gasteiger partial charge in [-0.15, -0.1) is 28.0 Å². The van der Waals surface area contributed by atoms with Crippen molar-refractivity contribution in [3.05, 3.63) is 128 Å². The lowest BCUT2D eigenvalue weighted by atomic mass is 9.96. The smallest absolute Gasteiger partial charge is 0.296 e. The van der Waals surface area contributed by atoms with E-state index in [0.29, 0.717) is 43.2 Å². The number of thioether (sulfide) groups is 1. The van der Waals surface area contributed by atoms with E-state index in [9.17, 15) is 24.4 Å². The van der Waals surface area contributed by atoms with Crippen molar-refractivity contribution in [2.45, 2.75) is 23.3 Å². The number of nitriles is 1. The van der Waals surface area contributed by atoms with Gasteiger partial charge in [-0.05, 0) is 65.9 Å². The number of benzene rings is 4. The number of nitroso groups, excluding NO2 is 2. The van der Waals surface area contributed by atoms with Gasteiger partial charge in [0.25, 0.3) is 5.91 Å². The van der Waals surface area contributed by atoms with Gasteiger partial charge in [-0.3, -0.25) is 4.79 Å². The summed E-state index contributed by atoms with van der Waals surface area (Å²) in [5, 5.41) is 17.9. The molecule has 6 aromatic rings. The van der Waals surface area contributed by atoms with Crippen molar-refractivity contribution in [1.29, 1.82) is 5.26 Å². The van der Waals surface area contributed by atoms with E-state index >= 15 is 4.39 Å². The Balaban J connectivity index is 1.59. The Kier molecular flexibility index (Phi) is 9.42. The summed E-state index contributed by atoms with van der Waals surface area (Å²) >= 11 is 0.523. The van der Waals surface area contributed by atoms with Crippen molar-refractivity contribution in [2.75, 3.05) is 5.75 Å². The molecule has 0 saturated carbocycles. The number of hydrogen-bond donors (Lipinski definition) is 0. The SMILES string of the molecule is Cc1ccc([S+]([O-])n2c(-c3cccc(-c4cc(F)c(CN=O)c(SCC(=O)N=O)c4)c3)c(-c3ccsc3C#N)c3ccccc32)cc1. The van der Waals surface area contributed by atoms with Crippen LogP contribution in [0.1, 0.15) is 16.0 Å². The van der Waals surface area contributed by atoms with Gasteiger partial charge in [-0.1, -0.05) is 59.3 Å². The number of carbonyl (C=O) groups is 1. The first-order chi connectivity index (χ1) is 22.8. The van der Waals surface area contributed by atoms with Gasteiger partial charge in [0.2, 0.25) is 0 Å². The maximum Gasteiger partial charge on any atom is 0.296 e. The molecule has 0 saturated heterocycles. The minimum absolute atomic E-state index is 0.0148. The van der Waals surface area contributed by atoms with Crippen LogP contribution in [-0.4, -0.2) is 20.2 Å². The third-order valence-electron chi connectivity index (χ3n) is 7.56. The topological polar surface area (TPSA) is 128 Å². The van der Waals surface area contributed by atoms with E-state index in [1.807, 2.05) is 79.0 Å². The molecule has 2 heterocycles. The average molecular weight is 679 g/mol. The molecule has 1 atom stereocenters. The maximum absolute atomic E-state index is 15.4.